The van der Waals surface area contributed by atoms with E-state index in [0.717, 1.165) is 48.0 Å². The summed E-state index contributed by atoms with van der Waals surface area (Å²) in [6, 6.07) is 8.02. The lowest BCUT2D eigenvalue weighted by atomic mass is 9.77. The third kappa shape index (κ3) is 2.74. The number of nitrogens with zero attached hydrogens (tertiary/aromatic N) is 2. The minimum atomic E-state index is -0.396. The van der Waals surface area contributed by atoms with Crippen LogP contribution in [0.1, 0.15) is 49.2 Å². The SMILES string of the molecule is CCc1oc2ccccc2c1/C=C/c1nc(C2(N)CCC2)no1.Cl. The molecule has 0 atom stereocenters. The average Bonchev–Trinajstić information content (AvgIpc) is 3.15. The predicted octanol–water partition coefficient (Wildman–Crippen LogP) is 4.31. The van der Waals surface area contributed by atoms with Crippen molar-refractivity contribution in [2.75, 3.05) is 0 Å². The van der Waals surface area contributed by atoms with Gasteiger partial charge in [-0.15, -0.1) is 12.4 Å². The van der Waals surface area contributed by atoms with Crippen LogP contribution in [0.5, 0.6) is 0 Å². The Bertz CT molecular complexity index is 877. The van der Waals surface area contributed by atoms with Crippen molar-refractivity contribution in [2.45, 2.75) is 38.1 Å². The Morgan fingerprint density at radius 2 is 2.04 bits per heavy atom. The number of furan rings is 1. The van der Waals surface area contributed by atoms with Crippen molar-refractivity contribution in [1.29, 1.82) is 0 Å². The maximum Gasteiger partial charge on any atom is 0.250 e. The number of benzene rings is 1. The molecular weight excluding hydrogens is 326 g/mol. The van der Waals surface area contributed by atoms with Gasteiger partial charge in [0.05, 0.1) is 5.54 Å². The van der Waals surface area contributed by atoms with Crippen molar-refractivity contribution >= 4 is 35.5 Å². The first-order valence-electron chi connectivity index (χ1n) is 8.01. The molecule has 6 heteroatoms. The molecule has 5 nitrogen and oxygen atoms in total. The van der Waals surface area contributed by atoms with Gasteiger partial charge >= 0.3 is 0 Å². The summed E-state index contributed by atoms with van der Waals surface area (Å²) in [6.07, 6.45) is 7.59. The van der Waals surface area contributed by atoms with Gasteiger partial charge in [0, 0.05) is 23.4 Å². The third-order valence-corrected chi connectivity index (χ3v) is 4.56. The molecule has 2 heterocycles. The quantitative estimate of drug-likeness (QED) is 0.762. The zero-order valence-electron chi connectivity index (χ0n) is 13.5. The molecule has 2 aromatic heterocycles. The summed E-state index contributed by atoms with van der Waals surface area (Å²) in [4.78, 5) is 4.42. The second-order valence-electron chi connectivity index (χ2n) is 6.09. The zero-order chi connectivity index (χ0) is 15.9. The largest absolute Gasteiger partial charge is 0.460 e. The topological polar surface area (TPSA) is 78.1 Å². The summed E-state index contributed by atoms with van der Waals surface area (Å²) < 4.78 is 11.2. The van der Waals surface area contributed by atoms with Crippen LogP contribution in [0.2, 0.25) is 0 Å². The number of fused-ring (bicyclic) bond motifs is 1. The van der Waals surface area contributed by atoms with Gasteiger partial charge < -0.3 is 14.7 Å². The van der Waals surface area contributed by atoms with Gasteiger partial charge in [-0.05, 0) is 31.4 Å². The van der Waals surface area contributed by atoms with Crippen molar-refractivity contribution in [2.24, 2.45) is 5.73 Å². The fourth-order valence-corrected chi connectivity index (χ4v) is 3.00. The number of hydrogen-bond acceptors (Lipinski definition) is 5. The van der Waals surface area contributed by atoms with E-state index in [1.807, 2.05) is 30.4 Å². The normalized spacial score (nSPS) is 16.2. The summed E-state index contributed by atoms with van der Waals surface area (Å²) in [5.74, 6) is 2.04. The molecule has 0 saturated heterocycles. The first-order chi connectivity index (χ1) is 11.2. The second-order valence-corrected chi connectivity index (χ2v) is 6.09. The monoisotopic (exact) mass is 345 g/mol. The van der Waals surface area contributed by atoms with Gasteiger partial charge in [-0.3, -0.25) is 0 Å². The summed E-state index contributed by atoms with van der Waals surface area (Å²) >= 11 is 0. The van der Waals surface area contributed by atoms with Crippen LogP contribution in [0.15, 0.2) is 33.2 Å². The van der Waals surface area contributed by atoms with E-state index in [2.05, 4.69) is 23.1 Å². The third-order valence-electron chi connectivity index (χ3n) is 4.56. The molecule has 1 aliphatic carbocycles. The highest BCUT2D eigenvalue weighted by Crippen LogP contribution is 2.37. The minimum absolute atomic E-state index is 0. The van der Waals surface area contributed by atoms with E-state index in [1.165, 1.54) is 0 Å². The summed E-state index contributed by atoms with van der Waals surface area (Å²) in [6.45, 7) is 2.08. The lowest BCUT2D eigenvalue weighted by Gasteiger charge is -2.34. The second kappa shape index (κ2) is 6.42. The van der Waals surface area contributed by atoms with E-state index in [9.17, 15) is 0 Å². The first kappa shape index (κ1) is 16.7. The van der Waals surface area contributed by atoms with Gasteiger partial charge in [-0.1, -0.05) is 30.3 Å². The molecule has 1 aromatic carbocycles. The van der Waals surface area contributed by atoms with Gasteiger partial charge in [-0.2, -0.15) is 4.98 Å². The van der Waals surface area contributed by atoms with Crippen LogP contribution in [0.3, 0.4) is 0 Å². The lowest BCUT2D eigenvalue weighted by molar-refractivity contribution is 0.229. The van der Waals surface area contributed by atoms with E-state index in [1.54, 1.807) is 0 Å². The van der Waals surface area contributed by atoms with Gasteiger partial charge in [-0.25, -0.2) is 0 Å². The smallest absolute Gasteiger partial charge is 0.250 e. The molecule has 1 saturated carbocycles. The molecule has 1 fully saturated rings. The molecule has 2 N–H and O–H groups in total. The highest BCUT2D eigenvalue weighted by molar-refractivity contribution is 5.91. The fourth-order valence-electron chi connectivity index (χ4n) is 3.00. The van der Waals surface area contributed by atoms with Crippen LogP contribution in [0.4, 0.5) is 0 Å². The summed E-state index contributed by atoms with van der Waals surface area (Å²) in [5.41, 5.74) is 7.79. The number of hydrogen-bond donors (Lipinski definition) is 1. The minimum Gasteiger partial charge on any atom is -0.460 e. The van der Waals surface area contributed by atoms with E-state index in [4.69, 9.17) is 14.7 Å². The molecule has 4 rings (SSSR count). The number of aryl methyl sites for hydroxylation is 1. The van der Waals surface area contributed by atoms with E-state index in [-0.39, 0.29) is 12.4 Å². The number of halogens is 1. The average molecular weight is 346 g/mol. The standard InChI is InChI=1S/C18H19N3O2.ClH/c1-2-14-13(12-6-3-4-7-15(12)22-14)8-9-16-20-17(21-23-16)18(19)10-5-11-18;/h3-4,6-9H,2,5,10-11,19H2,1H3;1H/b9-8+;. The zero-order valence-corrected chi connectivity index (χ0v) is 14.3. The Morgan fingerprint density at radius 1 is 1.25 bits per heavy atom. The van der Waals surface area contributed by atoms with Crippen molar-refractivity contribution in [3.05, 3.63) is 47.3 Å². The highest BCUT2D eigenvalue weighted by Gasteiger charge is 2.38. The molecule has 24 heavy (non-hydrogen) atoms. The van der Waals surface area contributed by atoms with Gasteiger partial charge in [0.2, 0.25) is 0 Å². The Hall–Kier alpha value is -2.11. The van der Waals surface area contributed by atoms with E-state index in [0.29, 0.717) is 11.7 Å². The van der Waals surface area contributed by atoms with Crippen molar-refractivity contribution < 1.29 is 8.94 Å². The molecule has 0 radical (unpaired) electrons. The molecule has 0 spiro atoms. The molecule has 0 unspecified atom stereocenters. The summed E-state index contributed by atoms with van der Waals surface area (Å²) in [7, 11) is 0. The number of para-hydroxylation sites is 1. The number of aromatic nitrogens is 2. The maximum atomic E-state index is 6.22. The Kier molecular flexibility index (Phi) is 4.47. The highest BCUT2D eigenvalue weighted by atomic mass is 35.5. The van der Waals surface area contributed by atoms with Crippen molar-refractivity contribution in [3.63, 3.8) is 0 Å². The molecule has 0 amide bonds. The summed E-state index contributed by atoms with van der Waals surface area (Å²) in [5, 5.41) is 5.12. The van der Waals surface area contributed by atoms with Gasteiger partial charge in [0.25, 0.3) is 5.89 Å². The Labute approximate surface area is 146 Å². The Balaban J connectivity index is 0.00000169. The maximum absolute atomic E-state index is 6.22. The van der Waals surface area contributed by atoms with Crippen LogP contribution in [-0.4, -0.2) is 10.1 Å². The molecule has 3 aromatic rings. The lowest BCUT2D eigenvalue weighted by Crippen LogP contribution is -2.44. The Morgan fingerprint density at radius 3 is 2.75 bits per heavy atom. The van der Waals surface area contributed by atoms with Crippen molar-refractivity contribution in [3.8, 4) is 0 Å². The van der Waals surface area contributed by atoms with Crippen LogP contribution >= 0.6 is 12.4 Å². The molecule has 126 valence electrons. The van der Waals surface area contributed by atoms with Crippen molar-refractivity contribution in [1.82, 2.24) is 10.1 Å². The van der Waals surface area contributed by atoms with Crippen LogP contribution < -0.4 is 5.73 Å². The van der Waals surface area contributed by atoms with Crippen LogP contribution in [0, 0.1) is 0 Å². The fraction of sp³-hybridized carbons (Fsp3) is 0.333. The number of rotatable bonds is 4. The molecule has 0 bridgehead atoms. The van der Waals surface area contributed by atoms with Gasteiger partial charge in [0.15, 0.2) is 5.82 Å². The molecule has 0 aliphatic heterocycles. The predicted molar refractivity (Wildman–Crippen MR) is 95.8 cm³/mol. The van der Waals surface area contributed by atoms with Gasteiger partial charge in [0.1, 0.15) is 11.3 Å². The van der Waals surface area contributed by atoms with E-state index < -0.39 is 5.54 Å². The van der Waals surface area contributed by atoms with Crippen LogP contribution in [0.25, 0.3) is 23.1 Å². The molecule has 1 aliphatic rings. The first-order valence-corrected chi connectivity index (χ1v) is 8.01. The van der Waals surface area contributed by atoms with E-state index >= 15 is 0 Å². The van der Waals surface area contributed by atoms with Crippen LogP contribution in [-0.2, 0) is 12.0 Å². The molecular formula is C18H20ClN3O2. The number of nitrogens with two attached hydrogens (primary N) is 1.